The number of amides is 1. The van der Waals surface area contributed by atoms with Crippen LogP contribution in [-0.2, 0) is 6.42 Å². The van der Waals surface area contributed by atoms with Crippen molar-refractivity contribution in [2.45, 2.75) is 40.0 Å². The molecule has 0 saturated carbocycles. The first-order valence-corrected chi connectivity index (χ1v) is 8.61. The van der Waals surface area contributed by atoms with E-state index in [0.717, 1.165) is 5.56 Å². The molecule has 0 saturated heterocycles. The lowest BCUT2D eigenvalue weighted by atomic mass is 10.0. The Balaban J connectivity index is 2.14. The van der Waals surface area contributed by atoms with Gasteiger partial charge in [-0.1, -0.05) is 13.0 Å². The number of rotatable bonds is 8. The summed E-state index contributed by atoms with van der Waals surface area (Å²) in [4.78, 5) is 27.5. The van der Waals surface area contributed by atoms with Crippen molar-refractivity contribution in [1.82, 2.24) is 4.98 Å². The number of carbonyl (C=O) groups excluding carboxylic acids is 2. The molecule has 0 aliphatic heterocycles. The minimum Gasteiger partial charge on any atom is -0.493 e. The summed E-state index contributed by atoms with van der Waals surface area (Å²) in [6.07, 6.45) is 1.69. The number of aromatic nitrogens is 1. The van der Waals surface area contributed by atoms with Crippen LogP contribution in [0.25, 0.3) is 0 Å². The fourth-order valence-corrected chi connectivity index (χ4v) is 2.90. The maximum Gasteiger partial charge on any atom is 0.272 e. The van der Waals surface area contributed by atoms with Gasteiger partial charge >= 0.3 is 0 Å². The van der Waals surface area contributed by atoms with Crippen LogP contribution < -0.4 is 10.1 Å². The standard InChI is InChI=1S/C20H23N3O3/c1-4-17-18(14(3)24)13(2)22-19(17)20(25)23-15-8-7-9-16(12-15)26-11-6-5-10-21/h7-9,12,22H,4-6,11H2,1-3H3,(H,23,25). The van der Waals surface area contributed by atoms with Crippen LogP contribution in [0.4, 0.5) is 5.69 Å². The molecule has 136 valence electrons. The second-order valence-corrected chi connectivity index (χ2v) is 5.98. The van der Waals surface area contributed by atoms with Crippen LogP contribution >= 0.6 is 0 Å². The second-order valence-electron chi connectivity index (χ2n) is 5.98. The van der Waals surface area contributed by atoms with E-state index in [1.807, 2.05) is 6.92 Å². The molecule has 6 nitrogen and oxygen atoms in total. The smallest absolute Gasteiger partial charge is 0.272 e. The lowest BCUT2D eigenvalue weighted by Crippen LogP contribution is -2.14. The zero-order chi connectivity index (χ0) is 19.1. The summed E-state index contributed by atoms with van der Waals surface area (Å²) >= 11 is 0. The molecule has 26 heavy (non-hydrogen) atoms. The zero-order valence-corrected chi connectivity index (χ0v) is 15.3. The molecule has 2 N–H and O–H groups in total. The first kappa shape index (κ1) is 19.3. The summed E-state index contributed by atoms with van der Waals surface area (Å²) in [5, 5.41) is 11.4. The molecule has 2 aromatic rings. The summed E-state index contributed by atoms with van der Waals surface area (Å²) in [5.74, 6) is 0.282. The number of aromatic amines is 1. The maximum atomic E-state index is 12.7. The molecule has 1 aromatic heterocycles. The summed E-state index contributed by atoms with van der Waals surface area (Å²) in [6.45, 7) is 5.66. The number of H-pyrrole nitrogens is 1. The van der Waals surface area contributed by atoms with Crippen molar-refractivity contribution < 1.29 is 14.3 Å². The molecular formula is C20H23N3O3. The van der Waals surface area contributed by atoms with Gasteiger partial charge in [-0.15, -0.1) is 0 Å². The second kappa shape index (κ2) is 8.86. The number of aryl methyl sites for hydroxylation is 1. The first-order valence-electron chi connectivity index (χ1n) is 8.61. The van der Waals surface area contributed by atoms with Gasteiger partial charge in [-0.25, -0.2) is 0 Å². The zero-order valence-electron chi connectivity index (χ0n) is 15.3. The number of ketones is 1. The van der Waals surface area contributed by atoms with E-state index in [4.69, 9.17) is 10.00 Å². The molecule has 0 atom stereocenters. The number of Topliss-reactive ketones (excluding diaryl/α,β-unsaturated/α-hetero) is 1. The molecule has 6 heteroatoms. The van der Waals surface area contributed by atoms with Gasteiger partial charge in [0.15, 0.2) is 5.78 Å². The maximum absolute atomic E-state index is 12.7. The highest BCUT2D eigenvalue weighted by atomic mass is 16.5. The number of benzene rings is 1. The number of unbranched alkanes of at least 4 members (excludes halogenated alkanes) is 1. The van der Waals surface area contributed by atoms with Gasteiger partial charge in [0, 0.05) is 29.4 Å². The van der Waals surface area contributed by atoms with Crippen LogP contribution in [0.1, 0.15) is 58.8 Å². The molecule has 1 amide bonds. The minimum absolute atomic E-state index is 0.0533. The number of carbonyl (C=O) groups is 2. The van der Waals surface area contributed by atoms with E-state index in [-0.39, 0.29) is 11.7 Å². The molecule has 0 unspecified atom stereocenters. The predicted molar refractivity (Wildman–Crippen MR) is 99.6 cm³/mol. The average molecular weight is 353 g/mol. The molecule has 1 aromatic carbocycles. The average Bonchev–Trinajstić information content (AvgIpc) is 2.96. The van der Waals surface area contributed by atoms with Gasteiger partial charge in [0.2, 0.25) is 0 Å². The number of nitrogens with one attached hydrogen (secondary N) is 2. The van der Waals surface area contributed by atoms with Crippen molar-refractivity contribution in [3.05, 3.63) is 46.8 Å². The van der Waals surface area contributed by atoms with Gasteiger partial charge in [-0.2, -0.15) is 5.26 Å². The van der Waals surface area contributed by atoms with Gasteiger partial charge in [0.1, 0.15) is 11.4 Å². The van der Waals surface area contributed by atoms with E-state index >= 15 is 0 Å². The van der Waals surface area contributed by atoms with E-state index in [1.54, 1.807) is 31.2 Å². The number of ether oxygens (including phenoxy) is 1. The highest BCUT2D eigenvalue weighted by Crippen LogP contribution is 2.23. The lowest BCUT2D eigenvalue weighted by molar-refractivity contribution is 0.101. The van der Waals surface area contributed by atoms with Crippen LogP contribution in [0.2, 0.25) is 0 Å². The van der Waals surface area contributed by atoms with Crippen molar-refractivity contribution in [1.29, 1.82) is 5.26 Å². The van der Waals surface area contributed by atoms with Crippen LogP contribution in [0.3, 0.4) is 0 Å². The molecule has 1 heterocycles. The Morgan fingerprint density at radius 3 is 2.77 bits per heavy atom. The van der Waals surface area contributed by atoms with Crippen LogP contribution in [0.15, 0.2) is 24.3 Å². The number of hydrogen-bond donors (Lipinski definition) is 2. The summed E-state index contributed by atoms with van der Waals surface area (Å²) in [6, 6.07) is 9.16. The fraction of sp³-hybridized carbons (Fsp3) is 0.350. The summed E-state index contributed by atoms with van der Waals surface area (Å²) in [5.41, 5.74) is 3.04. The van der Waals surface area contributed by atoms with Gasteiger partial charge in [0.25, 0.3) is 5.91 Å². The molecule has 0 aliphatic carbocycles. The molecule has 0 bridgehead atoms. The summed E-state index contributed by atoms with van der Waals surface area (Å²) in [7, 11) is 0. The van der Waals surface area contributed by atoms with E-state index in [1.165, 1.54) is 6.92 Å². The molecular weight excluding hydrogens is 330 g/mol. The van der Waals surface area contributed by atoms with Crippen molar-refractivity contribution in [3.8, 4) is 11.8 Å². The largest absolute Gasteiger partial charge is 0.493 e. The van der Waals surface area contributed by atoms with Crippen LogP contribution in [0, 0.1) is 18.3 Å². The van der Waals surface area contributed by atoms with Crippen LogP contribution in [-0.4, -0.2) is 23.3 Å². The number of nitrogens with zero attached hydrogens (tertiary/aromatic N) is 1. The van der Waals surface area contributed by atoms with Crippen molar-refractivity contribution in [2.24, 2.45) is 0 Å². The van der Waals surface area contributed by atoms with Crippen molar-refractivity contribution in [3.63, 3.8) is 0 Å². The third-order valence-corrected chi connectivity index (χ3v) is 4.02. The Labute approximate surface area is 153 Å². The molecule has 2 rings (SSSR count). The Kier molecular flexibility index (Phi) is 6.56. The van der Waals surface area contributed by atoms with Gasteiger partial charge < -0.3 is 15.0 Å². The molecule has 0 aliphatic rings. The quantitative estimate of drug-likeness (QED) is 0.553. The van der Waals surface area contributed by atoms with E-state index in [9.17, 15) is 9.59 Å². The number of hydrogen-bond acceptors (Lipinski definition) is 4. The Bertz CT molecular complexity index is 846. The third kappa shape index (κ3) is 4.51. The molecule has 0 fully saturated rings. The normalized spacial score (nSPS) is 10.2. The Morgan fingerprint density at radius 2 is 2.12 bits per heavy atom. The van der Waals surface area contributed by atoms with E-state index in [0.29, 0.717) is 54.3 Å². The number of nitriles is 1. The number of anilines is 1. The topological polar surface area (TPSA) is 95.0 Å². The first-order chi connectivity index (χ1) is 12.5. The molecule has 0 spiro atoms. The van der Waals surface area contributed by atoms with Crippen molar-refractivity contribution in [2.75, 3.05) is 11.9 Å². The third-order valence-electron chi connectivity index (χ3n) is 4.02. The van der Waals surface area contributed by atoms with Gasteiger partial charge in [-0.05, 0) is 44.4 Å². The highest BCUT2D eigenvalue weighted by Gasteiger charge is 2.21. The van der Waals surface area contributed by atoms with Gasteiger partial charge in [0.05, 0.1) is 12.7 Å². The summed E-state index contributed by atoms with van der Waals surface area (Å²) < 4.78 is 5.58. The van der Waals surface area contributed by atoms with Crippen molar-refractivity contribution >= 4 is 17.4 Å². The Morgan fingerprint density at radius 1 is 1.35 bits per heavy atom. The highest BCUT2D eigenvalue weighted by molar-refractivity contribution is 6.07. The monoisotopic (exact) mass is 353 g/mol. The van der Waals surface area contributed by atoms with E-state index < -0.39 is 0 Å². The molecule has 0 radical (unpaired) electrons. The van der Waals surface area contributed by atoms with E-state index in [2.05, 4.69) is 16.4 Å². The SMILES string of the molecule is CCc1c(C(=O)Nc2cccc(OCCCC#N)c2)[nH]c(C)c1C(C)=O. The van der Waals surface area contributed by atoms with Crippen LogP contribution in [0.5, 0.6) is 5.75 Å². The minimum atomic E-state index is -0.293. The Hall–Kier alpha value is -3.07. The predicted octanol–water partition coefficient (Wildman–Crippen LogP) is 4.02. The fourth-order valence-electron chi connectivity index (χ4n) is 2.90. The lowest BCUT2D eigenvalue weighted by Gasteiger charge is -2.09. The van der Waals surface area contributed by atoms with Gasteiger partial charge in [-0.3, -0.25) is 9.59 Å².